The van der Waals surface area contributed by atoms with Gasteiger partial charge in [0.25, 0.3) is 0 Å². The Morgan fingerprint density at radius 2 is 1.67 bits per heavy atom. The summed E-state index contributed by atoms with van der Waals surface area (Å²) in [6.07, 6.45) is 2.29. The number of rotatable bonds is 8. The first kappa shape index (κ1) is 21.2. The van der Waals surface area contributed by atoms with E-state index in [-0.39, 0.29) is 24.1 Å². The zero-order chi connectivity index (χ0) is 21.3. The normalized spacial score (nSPS) is 10.5. The second kappa shape index (κ2) is 10.3. The first-order valence-electron chi connectivity index (χ1n) is 9.85. The Balaban J connectivity index is 1.63. The molecule has 3 aromatic rings. The van der Waals surface area contributed by atoms with Crippen LogP contribution >= 0.6 is 0 Å². The number of nitrogens with zero attached hydrogens (tertiary/aromatic N) is 2. The van der Waals surface area contributed by atoms with Gasteiger partial charge in [0.2, 0.25) is 11.8 Å². The van der Waals surface area contributed by atoms with E-state index in [9.17, 15) is 14.0 Å². The van der Waals surface area contributed by atoms with E-state index in [1.54, 1.807) is 30.2 Å². The highest BCUT2D eigenvalue weighted by molar-refractivity contribution is 5.93. The van der Waals surface area contributed by atoms with Crippen LogP contribution in [0.3, 0.4) is 0 Å². The maximum absolute atomic E-state index is 13.2. The van der Waals surface area contributed by atoms with E-state index in [2.05, 4.69) is 10.3 Å². The van der Waals surface area contributed by atoms with Crippen molar-refractivity contribution >= 4 is 17.5 Å². The SMILES string of the molecule is CCC(=O)N(Cc1ccc(F)cc1)c1ccc(CC(=O)NCc2ccccn2)cc1. The molecule has 0 saturated carbocycles. The Morgan fingerprint density at radius 3 is 2.30 bits per heavy atom. The summed E-state index contributed by atoms with van der Waals surface area (Å²) in [7, 11) is 0. The number of carbonyl (C=O) groups is 2. The van der Waals surface area contributed by atoms with Crippen molar-refractivity contribution in [2.45, 2.75) is 32.9 Å². The maximum atomic E-state index is 13.2. The summed E-state index contributed by atoms with van der Waals surface area (Å²) in [5.74, 6) is -0.431. The molecule has 154 valence electrons. The van der Waals surface area contributed by atoms with Gasteiger partial charge in [0.1, 0.15) is 5.82 Å². The molecule has 30 heavy (non-hydrogen) atoms. The van der Waals surface area contributed by atoms with Gasteiger partial charge in [-0.3, -0.25) is 14.6 Å². The van der Waals surface area contributed by atoms with Gasteiger partial charge in [0, 0.05) is 18.3 Å². The average molecular weight is 405 g/mol. The zero-order valence-corrected chi connectivity index (χ0v) is 16.8. The van der Waals surface area contributed by atoms with Crippen LogP contribution in [0, 0.1) is 5.82 Å². The molecule has 0 bridgehead atoms. The third-order valence-corrected chi connectivity index (χ3v) is 4.66. The molecule has 0 saturated heterocycles. The molecule has 0 unspecified atom stereocenters. The second-order valence-electron chi connectivity index (χ2n) is 6.90. The van der Waals surface area contributed by atoms with Crippen molar-refractivity contribution in [3.05, 3.63) is 95.6 Å². The number of amides is 2. The minimum absolute atomic E-state index is 0.0276. The standard InChI is InChI=1S/C24H24FN3O2/c1-2-24(30)28(17-19-6-10-20(25)11-7-19)22-12-8-18(9-13-22)15-23(29)27-16-21-5-3-4-14-26-21/h3-14H,2,15-17H2,1H3,(H,27,29). The number of hydrogen-bond donors (Lipinski definition) is 1. The molecule has 2 amide bonds. The lowest BCUT2D eigenvalue weighted by atomic mass is 10.1. The molecule has 2 aromatic carbocycles. The molecule has 0 aliphatic rings. The fraction of sp³-hybridized carbons (Fsp3) is 0.208. The van der Waals surface area contributed by atoms with Gasteiger partial charge in [0.05, 0.1) is 25.2 Å². The van der Waals surface area contributed by atoms with Crippen LogP contribution in [0.1, 0.15) is 30.2 Å². The van der Waals surface area contributed by atoms with Crippen LogP contribution in [-0.2, 0) is 29.1 Å². The van der Waals surface area contributed by atoms with Crippen molar-refractivity contribution in [1.82, 2.24) is 10.3 Å². The number of carbonyl (C=O) groups excluding carboxylic acids is 2. The molecule has 0 aliphatic carbocycles. The van der Waals surface area contributed by atoms with Gasteiger partial charge >= 0.3 is 0 Å². The van der Waals surface area contributed by atoms with Crippen molar-refractivity contribution in [3.63, 3.8) is 0 Å². The van der Waals surface area contributed by atoms with Crippen LogP contribution in [0.5, 0.6) is 0 Å². The van der Waals surface area contributed by atoms with E-state index in [1.807, 2.05) is 42.5 Å². The van der Waals surface area contributed by atoms with Crippen LogP contribution in [-0.4, -0.2) is 16.8 Å². The molecule has 0 aliphatic heterocycles. The Hall–Kier alpha value is -3.54. The van der Waals surface area contributed by atoms with Crippen LogP contribution in [0.25, 0.3) is 0 Å². The highest BCUT2D eigenvalue weighted by atomic mass is 19.1. The minimum atomic E-state index is -0.308. The summed E-state index contributed by atoms with van der Waals surface area (Å²) in [6.45, 7) is 2.55. The van der Waals surface area contributed by atoms with Gasteiger partial charge < -0.3 is 10.2 Å². The minimum Gasteiger partial charge on any atom is -0.350 e. The largest absolute Gasteiger partial charge is 0.350 e. The van der Waals surface area contributed by atoms with E-state index in [0.29, 0.717) is 19.5 Å². The van der Waals surface area contributed by atoms with Gasteiger partial charge in [-0.05, 0) is 47.5 Å². The fourth-order valence-corrected chi connectivity index (χ4v) is 3.02. The number of nitrogens with one attached hydrogen (secondary N) is 1. The number of aromatic nitrogens is 1. The summed E-state index contributed by atoms with van der Waals surface area (Å²) in [4.78, 5) is 30.5. The molecule has 0 atom stereocenters. The Labute approximate surface area is 175 Å². The molecule has 0 radical (unpaired) electrons. The van der Waals surface area contributed by atoms with E-state index in [4.69, 9.17) is 0 Å². The Morgan fingerprint density at radius 1 is 0.967 bits per heavy atom. The number of benzene rings is 2. The number of pyridine rings is 1. The zero-order valence-electron chi connectivity index (χ0n) is 16.8. The molecule has 1 aromatic heterocycles. The highest BCUT2D eigenvalue weighted by Gasteiger charge is 2.15. The Kier molecular flexibility index (Phi) is 7.27. The van der Waals surface area contributed by atoms with Crippen molar-refractivity contribution in [3.8, 4) is 0 Å². The Bertz CT molecular complexity index is 974. The summed E-state index contributed by atoms with van der Waals surface area (Å²) >= 11 is 0. The van der Waals surface area contributed by atoms with Crippen molar-refractivity contribution in [2.75, 3.05) is 4.90 Å². The lowest BCUT2D eigenvalue weighted by molar-refractivity contribution is -0.120. The maximum Gasteiger partial charge on any atom is 0.227 e. The summed E-state index contributed by atoms with van der Waals surface area (Å²) in [5, 5.41) is 2.85. The molecule has 0 fully saturated rings. The summed E-state index contributed by atoms with van der Waals surface area (Å²) < 4.78 is 13.2. The van der Waals surface area contributed by atoms with Gasteiger partial charge in [-0.15, -0.1) is 0 Å². The predicted octanol–water partition coefficient (Wildman–Crippen LogP) is 4.02. The molecule has 3 rings (SSSR count). The smallest absolute Gasteiger partial charge is 0.227 e. The monoisotopic (exact) mass is 405 g/mol. The van der Waals surface area contributed by atoms with Crippen LogP contribution < -0.4 is 10.2 Å². The van der Waals surface area contributed by atoms with Gasteiger partial charge in [-0.25, -0.2) is 4.39 Å². The lowest BCUT2D eigenvalue weighted by Crippen LogP contribution is -2.29. The summed E-state index contributed by atoms with van der Waals surface area (Å²) in [6, 6.07) is 19.0. The molecule has 0 spiro atoms. The predicted molar refractivity (Wildman–Crippen MR) is 114 cm³/mol. The third-order valence-electron chi connectivity index (χ3n) is 4.66. The highest BCUT2D eigenvalue weighted by Crippen LogP contribution is 2.20. The van der Waals surface area contributed by atoms with Crippen LogP contribution in [0.15, 0.2) is 72.9 Å². The quantitative estimate of drug-likeness (QED) is 0.616. The number of hydrogen-bond acceptors (Lipinski definition) is 3. The van der Waals surface area contributed by atoms with Crippen LogP contribution in [0.4, 0.5) is 10.1 Å². The lowest BCUT2D eigenvalue weighted by Gasteiger charge is -2.23. The van der Waals surface area contributed by atoms with Crippen molar-refractivity contribution in [2.24, 2.45) is 0 Å². The van der Waals surface area contributed by atoms with Crippen LogP contribution in [0.2, 0.25) is 0 Å². The van der Waals surface area contributed by atoms with E-state index >= 15 is 0 Å². The first-order valence-corrected chi connectivity index (χ1v) is 9.85. The van der Waals surface area contributed by atoms with Gasteiger partial charge in [0.15, 0.2) is 0 Å². The second-order valence-corrected chi connectivity index (χ2v) is 6.90. The number of anilines is 1. The molecule has 6 heteroatoms. The molecule has 1 heterocycles. The fourth-order valence-electron chi connectivity index (χ4n) is 3.02. The summed E-state index contributed by atoms with van der Waals surface area (Å²) in [5.41, 5.74) is 3.23. The molecule has 5 nitrogen and oxygen atoms in total. The van der Waals surface area contributed by atoms with Crippen molar-refractivity contribution < 1.29 is 14.0 Å². The van der Waals surface area contributed by atoms with Gasteiger partial charge in [-0.1, -0.05) is 37.3 Å². The average Bonchev–Trinajstić information content (AvgIpc) is 2.78. The first-order chi connectivity index (χ1) is 14.5. The van der Waals surface area contributed by atoms with Gasteiger partial charge in [-0.2, -0.15) is 0 Å². The van der Waals surface area contributed by atoms with E-state index in [0.717, 1.165) is 22.5 Å². The molecular formula is C24H24FN3O2. The molecular weight excluding hydrogens is 381 g/mol. The molecule has 1 N–H and O–H groups in total. The third kappa shape index (κ3) is 5.98. The number of halogens is 1. The topological polar surface area (TPSA) is 62.3 Å². The van der Waals surface area contributed by atoms with E-state index < -0.39 is 0 Å². The van der Waals surface area contributed by atoms with Crippen molar-refractivity contribution in [1.29, 1.82) is 0 Å². The van der Waals surface area contributed by atoms with E-state index in [1.165, 1.54) is 12.1 Å².